The molecule has 0 atom stereocenters. The van der Waals surface area contributed by atoms with E-state index >= 15 is 0 Å². The average molecular weight is 609 g/mol. The van der Waals surface area contributed by atoms with Crippen LogP contribution in [0.2, 0.25) is 0 Å². The van der Waals surface area contributed by atoms with Gasteiger partial charge in [-0.1, -0.05) is 32.1 Å². The van der Waals surface area contributed by atoms with Crippen LogP contribution >= 0.6 is 0 Å². The molecular formula is C30H56O12. The van der Waals surface area contributed by atoms with Crippen LogP contribution in [0, 0.1) is 12.3 Å². The molecule has 0 aromatic heterocycles. The monoisotopic (exact) mass is 608 g/mol. The van der Waals surface area contributed by atoms with Crippen molar-refractivity contribution in [3.63, 3.8) is 0 Å². The fourth-order valence-corrected chi connectivity index (χ4v) is 3.09. The second-order valence-corrected chi connectivity index (χ2v) is 8.80. The highest BCUT2D eigenvalue weighted by molar-refractivity contribution is 5.69. The molecule has 0 aromatic carbocycles. The summed E-state index contributed by atoms with van der Waals surface area (Å²) in [6.45, 7) is 12.0. The number of unbranched alkanes of at least 4 members (excludes halogenated alkanes) is 3. The third-order valence-corrected chi connectivity index (χ3v) is 5.26. The summed E-state index contributed by atoms with van der Waals surface area (Å²) in [6, 6.07) is 0. The van der Waals surface area contributed by atoms with Crippen LogP contribution in [0.3, 0.4) is 0 Å². The van der Waals surface area contributed by atoms with Crippen molar-refractivity contribution in [2.24, 2.45) is 0 Å². The Morgan fingerprint density at radius 3 is 1.07 bits per heavy atom. The molecule has 0 aromatic rings. The Hall–Kier alpha value is -1.37. The Balaban J connectivity index is 3.08. The molecule has 0 aliphatic carbocycles. The molecule has 0 radical (unpaired) electrons. The van der Waals surface area contributed by atoms with E-state index in [0.717, 1.165) is 25.7 Å². The Bertz CT molecular complexity index is 573. The van der Waals surface area contributed by atoms with E-state index in [1.807, 2.05) is 0 Å². The van der Waals surface area contributed by atoms with Crippen molar-refractivity contribution < 1.29 is 56.9 Å². The lowest BCUT2D eigenvalue weighted by Gasteiger charge is -2.09. The Kier molecular flexibility index (Phi) is 36.4. The molecule has 0 N–H and O–H groups in total. The van der Waals surface area contributed by atoms with Gasteiger partial charge in [0.15, 0.2) is 0 Å². The van der Waals surface area contributed by atoms with E-state index in [1.54, 1.807) is 0 Å². The van der Waals surface area contributed by atoms with Gasteiger partial charge in [-0.3, -0.25) is 4.79 Å². The van der Waals surface area contributed by atoms with Crippen molar-refractivity contribution in [3.8, 4) is 12.3 Å². The highest BCUT2D eigenvalue weighted by Crippen LogP contribution is 2.03. The summed E-state index contributed by atoms with van der Waals surface area (Å²) in [7, 11) is 0. The number of hydrogen-bond donors (Lipinski definition) is 0. The molecule has 0 rings (SSSR count). The zero-order valence-corrected chi connectivity index (χ0v) is 25.9. The third-order valence-electron chi connectivity index (χ3n) is 5.26. The van der Waals surface area contributed by atoms with E-state index in [0.29, 0.717) is 139 Å². The van der Waals surface area contributed by atoms with Gasteiger partial charge >= 0.3 is 5.97 Å². The first-order chi connectivity index (χ1) is 20.8. The van der Waals surface area contributed by atoms with Gasteiger partial charge in [0.25, 0.3) is 0 Å². The second kappa shape index (κ2) is 37.7. The zero-order chi connectivity index (χ0) is 30.4. The molecule has 0 heterocycles. The van der Waals surface area contributed by atoms with Crippen LogP contribution in [0.5, 0.6) is 0 Å². The van der Waals surface area contributed by atoms with Crippen LogP contribution in [-0.4, -0.2) is 145 Å². The van der Waals surface area contributed by atoms with Crippen molar-refractivity contribution in [3.05, 3.63) is 0 Å². The van der Waals surface area contributed by atoms with E-state index in [4.69, 9.17) is 58.5 Å². The molecule has 0 saturated heterocycles. The van der Waals surface area contributed by atoms with Gasteiger partial charge < -0.3 is 52.1 Å². The minimum Gasteiger partial charge on any atom is -0.463 e. The lowest BCUT2D eigenvalue weighted by Crippen LogP contribution is -2.15. The van der Waals surface area contributed by atoms with Gasteiger partial charge in [-0.05, 0) is 6.42 Å². The smallest absolute Gasteiger partial charge is 0.305 e. The standard InChI is InChI=1S/C30H56O12/c1-3-5-6-7-8-30(31)42-29-28-41-27-26-40-25-24-39-23-22-38-21-20-37-19-18-36-17-16-35-15-14-34-13-12-33-11-10-32-9-4-2/h2H,3,5-29H2,1H3. The molecule has 0 spiro atoms. The molecule has 0 bridgehead atoms. The third kappa shape index (κ3) is 36.7. The SMILES string of the molecule is C#CCOCCOCCOCCOCCOCCOCCOCCOCCOCCOCCOC(=O)CCCCCC. The first kappa shape index (κ1) is 40.6. The van der Waals surface area contributed by atoms with Gasteiger partial charge in [0.05, 0.1) is 126 Å². The zero-order valence-electron chi connectivity index (χ0n) is 25.9. The molecular weight excluding hydrogens is 552 g/mol. The van der Waals surface area contributed by atoms with Gasteiger partial charge in [-0.25, -0.2) is 0 Å². The first-order valence-electron chi connectivity index (χ1n) is 15.2. The van der Waals surface area contributed by atoms with Crippen LogP contribution < -0.4 is 0 Å². The predicted molar refractivity (Wildman–Crippen MR) is 157 cm³/mol. The number of esters is 1. The molecule has 0 aliphatic rings. The lowest BCUT2D eigenvalue weighted by atomic mass is 10.2. The van der Waals surface area contributed by atoms with Crippen LogP contribution in [0.1, 0.15) is 39.0 Å². The number of terminal acetylenes is 1. The number of carbonyl (C=O) groups excluding carboxylic acids is 1. The van der Waals surface area contributed by atoms with E-state index in [9.17, 15) is 4.79 Å². The first-order valence-corrected chi connectivity index (χ1v) is 15.2. The van der Waals surface area contributed by atoms with Crippen molar-refractivity contribution in [1.29, 1.82) is 0 Å². The molecule has 0 amide bonds. The van der Waals surface area contributed by atoms with Crippen molar-refractivity contribution in [2.45, 2.75) is 39.0 Å². The minimum atomic E-state index is -0.153. The summed E-state index contributed by atoms with van der Waals surface area (Å²) >= 11 is 0. The van der Waals surface area contributed by atoms with Gasteiger partial charge in [0.2, 0.25) is 0 Å². The highest BCUT2D eigenvalue weighted by atomic mass is 16.6. The highest BCUT2D eigenvalue weighted by Gasteiger charge is 2.02. The van der Waals surface area contributed by atoms with E-state index in [2.05, 4.69) is 12.8 Å². The van der Waals surface area contributed by atoms with Gasteiger partial charge in [-0.15, -0.1) is 6.42 Å². The number of carbonyl (C=O) groups is 1. The summed E-state index contributed by atoms with van der Waals surface area (Å²) in [5.74, 6) is 2.24. The van der Waals surface area contributed by atoms with Crippen LogP contribution in [0.15, 0.2) is 0 Å². The maximum atomic E-state index is 11.5. The quantitative estimate of drug-likeness (QED) is 0.0590. The fraction of sp³-hybridized carbons (Fsp3) is 0.900. The van der Waals surface area contributed by atoms with E-state index in [-0.39, 0.29) is 12.6 Å². The van der Waals surface area contributed by atoms with Crippen molar-refractivity contribution >= 4 is 5.97 Å². The maximum absolute atomic E-state index is 11.5. The van der Waals surface area contributed by atoms with Crippen LogP contribution in [0.25, 0.3) is 0 Å². The fourth-order valence-electron chi connectivity index (χ4n) is 3.09. The second-order valence-electron chi connectivity index (χ2n) is 8.80. The van der Waals surface area contributed by atoms with Crippen molar-refractivity contribution in [1.82, 2.24) is 0 Å². The molecule has 0 unspecified atom stereocenters. The van der Waals surface area contributed by atoms with Crippen LogP contribution in [-0.2, 0) is 56.9 Å². The van der Waals surface area contributed by atoms with E-state index in [1.165, 1.54) is 0 Å². The number of hydrogen-bond acceptors (Lipinski definition) is 12. The summed E-state index contributed by atoms with van der Waals surface area (Å²) in [5.41, 5.74) is 0. The molecule has 12 heteroatoms. The minimum absolute atomic E-state index is 0.153. The Morgan fingerprint density at radius 1 is 0.452 bits per heavy atom. The lowest BCUT2D eigenvalue weighted by molar-refractivity contribution is -0.145. The molecule has 0 saturated carbocycles. The Morgan fingerprint density at radius 2 is 0.762 bits per heavy atom. The van der Waals surface area contributed by atoms with E-state index < -0.39 is 0 Å². The number of rotatable bonds is 36. The molecule has 0 aliphatic heterocycles. The molecule has 0 fully saturated rings. The summed E-state index contributed by atoms with van der Waals surface area (Å²) in [4.78, 5) is 11.5. The number of ether oxygens (including phenoxy) is 11. The summed E-state index contributed by atoms with van der Waals surface area (Å²) in [5, 5.41) is 0. The summed E-state index contributed by atoms with van der Waals surface area (Å²) in [6.07, 6.45) is 9.83. The maximum Gasteiger partial charge on any atom is 0.305 e. The topological polar surface area (TPSA) is 119 Å². The average Bonchev–Trinajstić information content (AvgIpc) is 3.00. The van der Waals surface area contributed by atoms with Crippen molar-refractivity contribution in [2.75, 3.05) is 139 Å². The summed E-state index contributed by atoms with van der Waals surface area (Å²) < 4.78 is 59.0. The predicted octanol–water partition coefficient (Wildman–Crippen LogP) is 2.30. The normalized spacial score (nSPS) is 11.1. The van der Waals surface area contributed by atoms with Gasteiger partial charge in [0.1, 0.15) is 13.2 Å². The molecule has 248 valence electrons. The molecule has 42 heavy (non-hydrogen) atoms. The van der Waals surface area contributed by atoms with Crippen LogP contribution in [0.4, 0.5) is 0 Å². The largest absolute Gasteiger partial charge is 0.463 e. The van der Waals surface area contributed by atoms with Gasteiger partial charge in [0, 0.05) is 6.42 Å². The van der Waals surface area contributed by atoms with Gasteiger partial charge in [-0.2, -0.15) is 0 Å². The molecule has 12 nitrogen and oxygen atoms in total. The Labute approximate surface area is 253 Å².